The third kappa shape index (κ3) is 5.75. The molecule has 5 rings (SSSR count). The Morgan fingerprint density at radius 3 is 2.61 bits per heavy atom. The van der Waals surface area contributed by atoms with Gasteiger partial charge in [0.2, 0.25) is 11.8 Å². The molecule has 198 valence electrons. The second-order valence-electron chi connectivity index (χ2n) is 9.55. The minimum atomic E-state index is -0.830. The van der Waals surface area contributed by atoms with E-state index in [1.165, 1.54) is 18.2 Å². The van der Waals surface area contributed by atoms with Crippen LogP contribution in [0.5, 0.6) is 5.75 Å². The van der Waals surface area contributed by atoms with Crippen LogP contribution in [0.1, 0.15) is 49.7 Å². The topological polar surface area (TPSA) is 112 Å². The summed E-state index contributed by atoms with van der Waals surface area (Å²) in [5.74, 6) is 0.576. The Bertz CT molecular complexity index is 1290. The maximum absolute atomic E-state index is 13.0. The number of carbonyl (C=O) groups excluding carboxylic acids is 3. The molecule has 0 spiro atoms. The summed E-state index contributed by atoms with van der Waals surface area (Å²) < 4.78 is 5.36. The number of rotatable bonds is 8. The molecular weight excluding hydrogens is 502 g/mol. The largest absolute Gasteiger partial charge is 0.496 e. The fourth-order valence-electron chi connectivity index (χ4n) is 5.04. The van der Waals surface area contributed by atoms with E-state index in [1.807, 2.05) is 48.5 Å². The van der Waals surface area contributed by atoms with Crippen LogP contribution in [0.25, 0.3) is 0 Å². The Morgan fingerprint density at radius 2 is 1.79 bits per heavy atom. The standard InChI is InChI=1S/C28H31N5O4S/c1-37-23-14-8-5-9-18(23)16-29-24(34)15-22-27(36)32-26-20-12-6-7-13-21(20)31-28(33(22)26)38-17-25(35)30-19-10-3-2-4-11-19/h5-9,12-14,19,22H,2-4,10-11,15-17H2,1H3,(H,29,34)(H,30,35). The van der Waals surface area contributed by atoms with Gasteiger partial charge in [-0.2, -0.15) is 4.99 Å². The van der Waals surface area contributed by atoms with Gasteiger partial charge in [-0.05, 0) is 31.0 Å². The number of ether oxygens (including phenoxy) is 1. The Kier molecular flexibility index (Phi) is 8.07. The van der Waals surface area contributed by atoms with Crippen molar-refractivity contribution in [2.24, 2.45) is 9.98 Å². The van der Waals surface area contributed by atoms with Crippen molar-refractivity contribution in [1.29, 1.82) is 0 Å². The first kappa shape index (κ1) is 26.0. The first-order chi connectivity index (χ1) is 18.5. The number of hydrogen-bond donors (Lipinski definition) is 2. The van der Waals surface area contributed by atoms with Gasteiger partial charge in [-0.25, -0.2) is 4.99 Å². The minimum Gasteiger partial charge on any atom is -0.496 e. The molecule has 2 aromatic carbocycles. The van der Waals surface area contributed by atoms with Gasteiger partial charge in [-0.1, -0.05) is 61.4 Å². The van der Waals surface area contributed by atoms with E-state index in [4.69, 9.17) is 9.73 Å². The molecule has 10 heteroatoms. The number of fused-ring (bicyclic) bond motifs is 3. The highest BCUT2D eigenvalue weighted by Gasteiger charge is 2.42. The van der Waals surface area contributed by atoms with Gasteiger partial charge >= 0.3 is 0 Å². The lowest BCUT2D eigenvalue weighted by molar-refractivity contribution is -0.126. The number of benzene rings is 2. The highest BCUT2D eigenvalue weighted by atomic mass is 32.2. The highest BCUT2D eigenvalue weighted by molar-refractivity contribution is 8.14. The lowest BCUT2D eigenvalue weighted by atomic mass is 9.95. The fraction of sp³-hybridized carbons (Fsp3) is 0.393. The summed E-state index contributed by atoms with van der Waals surface area (Å²) in [5, 5.41) is 6.51. The summed E-state index contributed by atoms with van der Waals surface area (Å²) >= 11 is 1.26. The number of nitrogens with zero attached hydrogens (tertiary/aromatic N) is 3. The second kappa shape index (κ2) is 11.8. The van der Waals surface area contributed by atoms with E-state index in [9.17, 15) is 14.4 Å². The van der Waals surface area contributed by atoms with Gasteiger partial charge in [0.25, 0.3) is 5.91 Å². The molecule has 2 N–H and O–H groups in total. The van der Waals surface area contributed by atoms with Gasteiger partial charge in [0.1, 0.15) is 17.6 Å². The van der Waals surface area contributed by atoms with E-state index in [2.05, 4.69) is 15.6 Å². The zero-order valence-corrected chi connectivity index (χ0v) is 22.1. The zero-order chi connectivity index (χ0) is 26.5. The molecular formula is C28H31N5O4S. The number of hydrogen-bond acceptors (Lipinski definition) is 7. The number of amidine groups is 2. The smallest absolute Gasteiger partial charge is 0.271 e. The van der Waals surface area contributed by atoms with Crippen LogP contribution in [0.4, 0.5) is 5.69 Å². The van der Waals surface area contributed by atoms with Gasteiger partial charge in [0.15, 0.2) is 5.17 Å². The summed E-state index contributed by atoms with van der Waals surface area (Å²) in [5.41, 5.74) is 2.26. The van der Waals surface area contributed by atoms with E-state index in [0.29, 0.717) is 22.4 Å². The molecule has 2 aromatic rings. The number of amides is 3. The predicted molar refractivity (Wildman–Crippen MR) is 148 cm³/mol. The fourth-order valence-corrected chi connectivity index (χ4v) is 5.90. The van der Waals surface area contributed by atoms with Crippen molar-refractivity contribution in [2.45, 2.75) is 57.2 Å². The Balaban J connectivity index is 1.29. The van der Waals surface area contributed by atoms with Crippen LogP contribution in [0, 0.1) is 0 Å². The van der Waals surface area contributed by atoms with Gasteiger partial charge in [-0.15, -0.1) is 0 Å². The Labute approximate surface area is 226 Å². The SMILES string of the molecule is COc1ccccc1CNC(=O)CC1C(=O)N=C2c3ccccc3N=C(SCC(=O)NC3CCCCC3)N21. The highest BCUT2D eigenvalue weighted by Crippen LogP contribution is 2.35. The molecule has 1 aliphatic carbocycles. The zero-order valence-electron chi connectivity index (χ0n) is 21.3. The number of para-hydroxylation sites is 2. The van der Waals surface area contributed by atoms with Crippen LogP contribution in [0.2, 0.25) is 0 Å². The van der Waals surface area contributed by atoms with Crippen LogP contribution in [-0.4, -0.2) is 58.6 Å². The molecule has 1 unspecified atom stereocenters. The van der Waals surface area contributed by atoms with Crippen LogP contribution < -0.4 is 15.4 Å². The molecule has 9 nitrogen and oxygen atoms in total. The maximum Gasteiger partial charge on any atom is 0.271 e. The van der Waals surface area contributed by atoms with Crippen LogP contribution in [-0.2, 0) is 20.9 Å². The second-order valence-corrected chi connectivity index (χ2v) is 10.5. The van der Waals surface area contributed by atoms with Crippen LogP contribution in [0.3, 0.4) is 0 Å². The number of nitrogens with one attached hydrogen (secondary N) is 2. The van der Waals surface area contributed by atoms with Crippen LogP contribution in [0.15, 0.2) is 58.5 Å². The van der Waals surface area contributed by atoms with Crippen LogP contribution >= 0.6 is 11.8 Å². The first-order valence-corrected chi connectivity index (χ1v) is 13.9. The average molecular weight is 534 g/mol. The summed E-state index contributed by atoms with van der Waals surface area (Å²) in [7, 11) is 1.58. The van der Waals surface area contributed by atoms with Gasteiger partial charge in [0, 0.05) is 23.7 Å². The Hall–Kier alpha value is -3.66. The van der Waals surface area contributed by atoms with E-state index in [-0.39, 0.29) is 36.6 Å². The Morgan fingerprint density at radius 1 is 1.03 bits per heavy atom. The van der Waals surface area contributed by atoms with Gasteiger partial charge < -0.3 is 15.4 Å². The molecule has 0 bridgehead atoms. The molecule has 2 aliphatic heterocycles. The van der Waals surface area contributed by atoms with Crippen molar-refractivity contribution in [3.05, 3.63) is 59.7 Å². The molecule has 38 heavy (non-hydrogen) atoms. The third-order valence-corrected chi connectivity index (χ3v) is 7.91. The monoisotopic (exact) mass is 533 g/mol. The van der Waals surface area contributed by atoms with E-state index in [1.54, 1.807) is 12.0 Å². The maximum atomic E-state index is 13.0. The van der Waals surface area contributed by atoms with Crippen molar-refractivity contribution in [3.8, 4) is 5.75 Å². The van der Waals surface area contributed by atoms with Crippen molar-refractivity contribution in [1.82, 2.24) is 15.5 Å². The van der Waals surface area contributed by atoms with E-state index >= 15 is 0 Å². The first-order valence-electron chi connectivity index (χ1n) is 12.9. The van der Waals surface area contributed by atoms with Crippen molar-refractivity contribution in [2.75, 3.05) is 12.9 Å². The lowest BCUT2D eigenvalue weighted by Crippen LogP contribution is -2.46. The number of thioether (sulfide) groups is 1. The summed E-state index contributed by atoms with van der Waals surface area (Å²) in [6.07, 6.45) is 5.42. The molecule has 0 aromatic heterocycles. The quantitative estimate of drug-likeness (QED) is 0.537. The summed E-state index contributed by atoms with van der Waals surface area (Å²) in [6, 6.07) is 14.3. The summed E-state index contributed by atoms with van der Waals surface area (Å²) in [6.45, 7) is 0.275. The van der Waals surface area contributed by atoms with Gasteiger partial charge in [0.05, 0.1) is 25.0 Å². The molecule has 1 saturated carbocycles. The van der Waals surface area contributed by atoms with Gasteiger partial charge in [-0.3, -0.25) is 19.3 Å². The molecule has 3 aliphatic rings. The molecule has 2 heterocycles. The number of methoxy groups -OCH3 is 1. The van der Waals surface area contributed by atoms with Crippen molar-refractivity contribution >= 4 is 46.2 Å². The molecule has 1 fully saturated rings. The normalized spacial score (nSPS) is 18.7. The average Bonchev–Trinajstić information content (AvgIpc) is 3.27. The third-order valence-electron chi connectivity index (χ3n) is 6.96. The van der Waals surface area contributed by atoms with E-state index < -0.39 is 11.9 Å². The van der Waals surface area contributed by atoms with E-state index in [0.717, 1.165) is 36.8 Å². The summed E-state index contributed by atoms with van der Waals surface area (Å²) in [4.78, 5) is 49.5. The number of carbonyl (C=O) groups is 3. The molecule has 1 atom stereocenters. The minimum absolute atomic E-state index is 0.0569. The molecule has 0 radical (unpaired) electrons. The van der Waals surface area contributed by atoms with Crippen molar-refractivity contribution < 1.29 is 19.1 Å². The number of aliphatic imine (C=N–C) groups is 2. The predicted octanol–water partition coefficient (Wildman–Crippen LogP) is 3.54. The molecule has 3 amide bonds. The van der Waals surface area contributed by atoms with Crippen molar-refractivity contribution in [3.63, 3.8) is 0 Å². The molecule has 0 saturated heterocycles. The lowest BCUT2D eigenvalue weighted by Gasteiger charge is -2.31.